The fourth-order valence-electron chi connectivity index (χ4n) is 2.48. The SMILES string of the molecule is COc1ccc(Br)cc1CNC1CCC(OC)C1. The van der Waals surface area contributed by atoms with Crippen LogP contribution in [0.25, 0.3) is 0 Å². The van der Waals surface area contributed by atoms with Crippen molar-refractivity contribution < 1.29 is 9.47 Å². The van der Waals surface area contributed by atoms with Gasteiger partial charge in [-0.25, -0.2) is 0 Å². The van der Waals surface area contributed by atoms with Crippen LogP contribution in [0.4, 0.5) is 0 Å². The first-order valence-corrected chi connectivity index (χ1v) is 7.11. The predicted molar refractivity (Wildman–Crippen MR) is 76.0 cm³/mol. The topological polar surface area (TPSA) is 30.5 Å². The number of hydrogen-bond acceptors (Lipinski definition) is 3. The zero-order valence-electron chi connectivity index (χ0n) is 10.9. The van der Waals surface area contributed by atoms with Gasteiger partial charge in [-0.15, -0.1) is 0 Å². The highest BCUT2D eigenvalue weighted by Gasteiger charge is 2.23. The Balaban J connectivity index is 1.92. The van der Waals surface area contributed by atoms with E-state index in [4.69, 9.17) is 9.47 Å². The Morgan fingerprint density at radius 1 is 1.33 bits per heavy atom. The molecule has 0 spiro atoms. The molecule has 100 valence electrons. The molecule has 1 aliphatic carbocycles. The first kappa shape index (κ1) is 13.8. The van der Waals surface area contributed by atoms with Crippen molar-refractivity contribution in [2.45, 2.75) is 38.0 Å². The van der Waals surface area contributed by atoms with Gasteiger partial charge in [-0.2, -0.15) is 0 Å². The van der Waals surface area contributed by atoms with E-state index in [2.05, 4.69) is 27.3 Å². The summed E-state index contributed by atoms with van der Waals surface area (Å²) in [6, 6.07) is 6.65. The maximum Gasteiger partial charge on any atom is 0.123 e. The van der Waals surface area contributed by atoms with Crippen LogP contribution in [0.5, 0.6) is 5.75 Å². The third kappa shape index (κ3) is 3.46. The number of nitrogens with one attached hydrogen (secondary N) is 1. The van der Waals surface area contributed by atoms with E-state index in [1.54, 1.807) is 14.2 Å². The van der Waals surface area contributed by atoms with E-state index in [0.717, 1.165) is 29.6 Å². The molecular weight excluding hydrogens is 294 g/mol. The zero-order chi connectivity index (χ0) is 13.0. The Morgan fingerprint density at radius 3 is 2.83 bits per heavy atom. The third-order valence-electron chi connectivity index (χ3n) is 3.54. The summed E-state index contributed by atoms with van der Waals surface area (Å²) in [6.07, 6.45) is 3.87. The molecule has 1 N–H and O–H groups in total. The molecule has 2 unspecified atom stereocenters. The Hall–Kier alpha value is -0.580. The maximum absolute atomic E-state index is 5.39. The summed E-state index contributed by atoms with van der Waals surface area (Å²) in [6.45, 7) is 0.837. The zero-order valence-corrected chi connectivity index (χ0v) is 12.5. The quantitative estimate of drug-likeness (QED) is 0.906. The van der Waals surface area contributed by atoms with Gasteiger partial charge in [0.1, 0.15) is 5.75 Å². The number of methoxy groups -OCH3 is 2. The number of halogens is 1. The van der Waals surface area contributed by atoms with Gasteiger partial charge in [0.25, 0.3) is 0 Å². The minimum atomic E-state index is 0.423. The van der Waals surface area contributed by atoms with Crippen LogP contribution in [0.15, 0.2) is 22.7 Å². The molecule has 4 heteroatoms. The van der Waals surface area contributed by atoms with E-state index < -0.39 is 0 Å². The summed E-state index contributed by atoms with van der Waals surface area (Å²) in [5, 5.41) is 3.58. The standard InChI is InChI=1S/C14H20BrNO2/c1-17-13-5-4-12(8-13)16-9-10-7-11(15)3-6-14(10)18-2/h3,6-7,12-13,16H,4-5,8-9H2,1-2H3. The van der Waals surface area contributed by atoms with Crippen LogP contribution in [0, 0.1) is 0 Å². The average Bonchev–Trinajstić information content (AvgIpc) is 2.84. The fraction of sp³-hybridized carbons (Fsp3) is 0.571. The number of benzene rings is 1. The normalized spacial score (nSPS) is 23.3. The van der Waals surface area contributed by atoms with Crippen molar-refractivity contribution >= 4 is 15.9 Å². The van der Waals surface area contributed by atoms with Crippen molar-refractivity contribution in [1.82, 2.24) is 5.32 Å². The Morgan fingerprint density at radius 2 is 2.17 bits per heavy atom. The molecule has 1 aromatic rings. The molecule has 1 fully saturated rings. The molecule has 0 saturated heterocycles. The lowest BCUT2D eigenvalue weighted by atomic mass is 10.1. The van der Waals surface area contributed by atoms with E-state index in [-0.39, 0.29) is 0 Å². The number of rotatable bonds is 5. The lowest BCUT2D eigenvalue weighted by molar-refractivity contribution is 0.107. The molecule has 1 aliphatic rings. The highest BCUT2D eigenvalue weighted by molar-refractivity contribution is 9.10. The largest absolute Gasteiger partial charge is 0.496 e. The smallest absolute Gasteiger partial charge is 0.123 e. The molecule has 0 aromatic heterocycles. The molecule has 0 aliphatic heterocycles. The summed E-state index contributed by atoms with van der Waals surface area (Å²) in [5.74, 6) is 0.937. The minimum Gasteiger partial charge on any atom is -0.496 e. The fourth-order valence-corrected chi connectivity index (χ4v) is 2.89. The van der Waals surface area contributed by atoms with Crippen LogP contribution in [0.2, 0.25) is 0 Å². The van der Waals surface area contributed by atoms with Gasteiger partial charge in [0.05, 0.1) is 13.2 Å². The summed E-state index contributed by atoms with van der Waals surface area (Å²) in [5.41, 5.74) is 1.19. The second-order valence-electron chi connectivity index (χ2n) is 4.70. The summed E-state index contributed by atoms with van der Waals surface area (Å²) in [7, 11) is 3.51. The Labute approximate surface area is 117 Å². The molecule has 0 bridgehead atoms. The first-order chi connectivity index (χ1) is 8.72. The molecule has 3 nitrogen and oxygen atoms in total. The Bertz CT molecular complexity index is 397. The molecule has 1 aromatic carbocycles. The molecule has 2 rings (SSSR count). The monoisotopic (exact) mass is 313 g/mol. The predicted octanol–water partition coefficient (Wildman–Crippen LogP) is 3.11. The van der Waals surface area contributed by atoms with E-state index in [1.807, 2.05) is 12.1 Å². The molecule has 1 saturated carbocycles. The van der Waals surface area contributed by atoms with Crippen LogP contribution >= 0.6 is 15.9 Å². The van der Waals surface area contributed by atoms with Gasteiger partial charge in [-0.05, 0) is 37.5 Å². The van der Waals surface area contributed by atoms with Crippen LogP contribution < -0.4 is 10.1 Å². The van der Waals surface area contributed by atoms with Gasteiger partial charge in [0.15, 0.2) is 0 Å². The van der Waals surface area contributed by atoms with Gasteiger partial charge in [-0.3, -0.25) is 0 Å². The first-order valence-electron chi connectivity index (χ1n) is 6.31. The summed E-state index contributed by atoms with van der Waals surface area (Å²) in [4.78, 5) is 0. The van der Waals surface area contributed by atoms with Crippen LogP contribution in [-0.4, -0.2) is 26.4 Å². The van der Waals surface area contributed by atoms with Gasteiger partial charge in [0.2, 0.25) is 0 Å². The molecule has 0 heterocycles. The number of ether oxygens (including phenoxy) is 2. The minimum absolute atomic E-state index is 0.423. The molecular formula is C14H20BrNO2. The van der Waals surface area contributed by atoms with Crippen molar-refractivity contribution in [3.05, 3.63) is 28.2 Å². The number of hydrogen-bond donors (Lipinski definition) is 1. The second kappa shape index (κ2) is 6.55. The average molecular weight is 314 g/mol. The van der Waals surface area contributed by atoms with Crippen molar-refractivity contribution in [3.8, 4) is 5.75 Å². The lowest BCUT2D eigenvalue weighted by Crippen LogP contribution is -2.26. The van der Waals surface area contributed by atoms with Crippen LogP contribution in [0.1, 0.15) is 24.8 Å². The van der Waals surface area contributed by atoms with Crippen molar-refractivity contribution in [3.63, 3.8) is 0 Å². The highest BCUT2D eigenvalue weighted by Crippen LogP contribution is 2.25. The van der Waals surface area contributed by atoms with Crippen molar-refractivity contribution in [2.75, 3.05) is 14.2 Å². The van der Waals surface area contributed by atoms with E-state index in [9.17, 15) is 0 Å². The van der Waals surface area contributed by atoms with Crippen LogP contribution in [-0.2, 0) is 11.3 Å². The van der Waals surface area contributed by atoms with E-state index in [0.29, 0.717) is 12.1 Å². The van der Waals surface area contributed by atoms with E-state index >= 15 is 0 Å². The molecule has 0 amide bonds. The molecule has 2 atom stereocenters. The summed E-state index contributed by atoms with van der Waals surface area (Å²) >= 11 is 3.50. The van der Waals surface area contributed by atoms with Gasteiger partial charge in [-0.1, -0.05) is 15.9 Å². The lowest BCUT2D eigenvalue weighted by Gasteiger charge is -2.15. The third-order valence-corrected chi connectivity index (χ3v) is 4.03. The van der Waals surface area contributed by atoms with Crippen LogP contribution in [0.3, 0.4) is 0 Å². The second-order valence-corrected chi connectivity index (χ2v) is 5.62. The molecule has 0 radical (unpaired) electrons. The van der Waals surface area contributed by atoms with Gasteiger partial charge >= 0.3 is 0 Å². The van der Waals surface area contributed by atoms with Gasteiger partial charge in [0, 0.05) is 29.7 Å². The maximum atomic E-state index is 5.39. The van der Waals surface area contributed by atoms with Crippen molar-refractivity contribution in [2.24, 2.45) is 0 Å². The Kier molecular flexibility index (Phi) is 5.03. The van der Waals surface area contributed by atoms with E-state index in [1.165, 1.54) is 12.0 Å². The highest BCUT2D eigenvalue weighted by atomic mass is 79.9. The van der Waals surface area contributed by atoms with Gasteiger partial charge < -0.3 is 14.8 Å². The van der Waals surface area contributed by atoms with Crippen molar-refractivity contribution in [1.29, 1.82) is 0 Å². The summed E-state index contributed by atoms with van der Waals surface area (Å²) < 4.78 is 11.8. The molecule has 18 heavy (non-hydrogen) atoms.